The Balaban J connectivity index is 1.75. The molecule has 0 aliphatic carbocycles. The molecule has 2 aromatic heterocycles. The van der Waals surface area contributed by atoms with Crippen LogP contribution in [0.4, 0.5) is 0 Å². The number of H-pyrrole nitrogens is 1. The molecule has 1 N–H and O–H groups in total. The Bertz CT molecular complexity index is 1250. The highest BCUT2D eigenvalue weighted by atomic mass is 15.3. The van der Waals surface area contributed by atoms with Gasteiger partial charge in [-0.3, -0.25) is 4.90 Å². The minimum atomic E-state index is 0.552. The molecule has 1 aliphatic heterocycles. The van der Waals surface area contributed by atoms with Crippen molar-refractivity contribution in [3.8, 4) is 16.9 Å². The van der Waals surface area contributed by atoms with E-state index in [0.29, 0.717) is 12.0 Å². The van der Waals surface area contributed by atoms with Crippen molar-refractivity contribution in [1.29, 1.82) is 0 Å². The first-order valence-corrected chi connectivity index (χ1v) is 12.5. The van der Waals surface area contributed by atoms with E-state index < -0.39 is 0 Å². The van der Waals surface area contributed by atoms with Crippen LogP contribution in [0, 0.1) is 5.92 Å². The molecular weight excluding hydrogens is 404 g/mol. The van der Waals surface area contributed by atoms with Crippen molar-refractivity contribution in [1.82, 2.24) is 19.7 Å². The Labute approximate surface area is 197 Å². The predicted octanol–water partition coefficient (Wildman–Crippen LogP) is 6.55. The van der Waals surface area contributed by atoms with Gasteiger partial charge in [-0.2, -0.15) is 5.10 Å². The third-order valence-corrected chi connectivity index (χ3v) is 7.61. The van der Waals surface area contributed by atoms with E-state index in [0.717, 1.165) is 32.4 Å². The normalized spacial score (nSPS) is 15.3. The standard InChI is InChI=1S/C29H36N4/c1-6-21-9-8-10-22(7-2)28(21)33-29(24-11-12-26-23(17-24)13-15-30-26)25-18-32(20(5)19(3)4)16-14-27(25)31-33/h8-13,15,17,19-20,30H,6-7,14,16,18H2,1-5H3. The zero-order valence-electron chi connectivity index (χ0n) is 20.7. The zero-order chi connectivity index (χ0) is 23.1. The van der Waals surface area contributed by atoms with Crippen LogP contribution in [0.1, 0.15) is 57.0 Å². The fourth-order valence-electron chi connectivity index (χ4n) is 5.31. The Morgan fingerprint density at radius 1 is 1.00 bits per heavy atom. The van der Waals surface area contributed by atoms with E-state index in [1.807, 2.05) is 6.20 Å². The van der Waals surface area contributed by atoms with Gasteiger partial charge in [0.25, 0.3) is 0 Å². The van der Waals surface area contributed by atoms with Crippen LogP contribution < -0.4 is 0 Å². The molecule has 1 aliphatic rings. The number of benzene rings is 2. The van der Waals surface area contributed by atoms with Crippen molar-refractivity contribution in [2.45, 2.75) is 66.5 Å². The van der Waals surface area contributed by atoms with Gasteiger partial charge in [-0.05, 0) is 55.0 Å². The first kappa shape index (κ1) is 22.0. The average molecular weight is 441 g/mol. The predicted molar refractivity (Wildman–Crippen MR) is 138 cm³/mol. The smallest absolute Gasteiger partial charge is 0.0789 e. The van der Waals surface area contributed by atoms with Crippen molar-refractivity contribution in [2.24, 2.45) is 5.92 Å². The summed E-state index contributed by atoms with van der Waals surface area (Å²) in [5.41, 5.74) is 10.4. The second kappa shape index (κ2) is 8.83. The van der Waals surface area contributed by atoms with Crippen molar-refractivity contribution < 1.29 is 0 Å². The van der Waals surface area contributed by atoms with Crippen LogP contribution in [0.5, 0.6) is 0 Å². The van der Waals surface area contributed by atoms with Gasteiger partial charge in [0, 0.05) is 53.8 Å². The van der Waals surface area contributed by atoms with E-state index in [9.17, 15) is 0 Å². The molecule has 4 heteroatoms. The van der Waals surface area contributed by atoms with E-state index in [1.165, 1.54) is 50.2 Å². The molecule has 1 unspecified atom stereocenters. The van der Waals surface area contributed by atoms with Gasteiger partial charge in [-0.1, -0.05) is 52.0 Å². The molecule has 2 aromatic carbocycles. The molecular formula is C29H36N4. The van der Waals surface area contributed by atoms with Gasteiger partial charge >= 0.3 is 0 Å². The molecule has 0 radical (unpaired) electrons. The first-order chi connectivity index (χ1) is 16.0. The van der Waals surface area contributed by atoms with Crippen molar-refractivity contribution in [3.05, 3.63) is 71.0 Å². The molecule has 0 bridgehead atoms. The number of fused-ring (bicyclic) bond motifs is 2. The fourth-order valence-corrected chi connectivity index (χ4v) is 5.31. The Kier molecular flexibility index (Phi) is 5.88. The molecule has 0 saturated carbocycles. The first-order valence-electron chi connectivity index (χ1n) is 12.5. The summed E-state index contributed by atoms with van der Waals surface area (Å²) >= 11 is 0. The van der Waals surface area contributed by atoms with Gasteiger partial charge in [-0.15, -0.1) is 0 Å². The number of aromatic amines is 1. The largest absolute Gasteiger partial charge is 0.361 e. The highest BCUT2D eigenvalue weighted by Crippen LogP contribution is 2.37. The number of hydrogen-bond acceptors (Lipinski definition) is 2. The molecule has 5 rings (SSSR count). The molecule has 0 saturated heterocycles. The average Bonchev–Trinajstić information content (AvgIpc) is 3.46. The topological polar surface area (TPSA) is 36.9 Å². The van der Waals surface area contributed by atoms with Gasteiger partial charge in [0.1, 0.15) is 0 Å². The number of nitrogens with one attached hydrogen (secondary N) is 1. The summed E-state index contributed by atoms with van der Waals surface area (Å²) in [6, 6.07) is 16.2. The number of hydrogen-bond donors (Lipinski definition) is 1. The SMILES string of the molecule is CCc1cccc(CC)c1-n1nc2c(c1-c1ccc3[nH]ccc3c1)CN(C(C)C(C)C)CC2. The lowest BCUT2D eigenvalue weighted by Gasteiger charge is -2.34. The zero-order valence-corrected chi connectivity index (χ0v) is 20.7. The van der Waals surface area contributed by atoms with Gasteiger partial charge in [0.2, 0.25) is 0 Å². The molecule has 3 heterocycles. The number of aromatic nitrogens is 3. The van der Waals surface area contributed by atoms with Gasteiger partial charge < -0.3 is 4.98 Å². The van der Waals surface area contributed by atoms with Gasteiger partial charge in [-0.25, -0.2) is 4.68 Å². The van der Waals surface area contributed by atoms with E-state index in [-0.39, 0.29) is 0 Å². The molecule has 0 spiro atoms. The summed E-state index contributed by atoms with van der Waals surface area (Å²) in [4.78, 5) is 5.98. The Hall–Kier alpha value is -2.85. The quantitative estimate of drug-likeness (QED) is 0.369. The maximum Gasteiger partial charge on any atom is 0.0789 e. The van der Waals surface area contributed by atoms with Crippen molar-refractivity contribution in [2.75, 3.05) is 6.54 Å². The summed E-state index contributed by atoms with van der Waals surface area (Å²) in [5, 5.41) is 6.55. The third kappa shape index (κ3) is 3.80. The van der Waals surface area contributed by atoms with E-state index in [1.54, 1.807) is 0 Å². The maximum absolute atomic E-state index is 5.30. The maximum atomic E-state index is 5.30. The molecule has 1 atom stereocenters. The lowest BCUT2D eigenvalue weighted by molar-refractivity contribution is 0.152. The van der Waals surface area contributed by atoms with Crippen LogP contribution in [0.2, 0.25) is 0 Å². The Morgan fingerprint density at radius 2 is 1.76 bits per heavy atom. The molecule has 0 fully saturated rings. The fraction of sp³-hybridized carbons (Fsp3) is 0.414. The van der Waals surface area contributed by atoms with Crippen LogP contribution in [-0.4, -0.2) is 32.3 Å². The third-order valence-electron chi connectivity index (χ3n) is 7.61. The highest BCUT2D eigenvalue weighted by Gasteiger charge is 2.30. The van der Waals surface area contributed by atoms with Gasteiger partial charge in [0.05, 0.1) is 17.1 Å². The van der Waals surface area contributed by atoms with Crippen molar-refractivity contribution in [3.63, 3.8) is 0 Å². The molecule has 4 aromatic rings. The molecule has 0 amide bonds. The molecule has 172 valence electrons. The number of nitrogens with zero attached hydrogens (tertiary/aromatic N) is 3. The summed E-state index contributed by atoms with van der Waals surface area (Å²) < 4.78 is 2.29. The number of para-hydroxylation sites is 1. The molecule has 4 nitrogen and oxygen atoms in total. The van der Waals surface area contributed by atoms with Crippen LogP contribution in [0.25, 0.3) is 27.8 Å². The van der Waals surface area contributed by atoms with Gasteiger partial charge in [0.15, 0.2) is 0 Å². The van der Waals surface area contributed by atoms with Crippen LogP contribution in [0.15, 0.2) is 48.7 Å². The molecule has 33 heavy (non-hydrogen) atoms. The summed E-state index contributed by atoms with van der Waals surface area (Å²) in [5.74, 6) is 0.633. The van der Waals surface area contributed by atoms with E-state index in [2.05, 4.69) is 91.6 Å². The van der Waals surface area contributed by atoms with E-state index in [4.69, 9.17) is 5.10 Å². The number of rotatable bonds is 6. The second-order valence-corrected chi connectivity index (χ2v) is 9.80. The minimum absolute atomic E-state index is 0.552. The summed E-state index contributed by atoms with van der Waals surface area (Å²) in [7, 11) is 0. The lowest BCUT2D eigenvalue weighted by atomic mass is 9.96. The van der Waals surface area contributed by atoms with Crippen LogP contribution in [0.3, 0.4) is 0 Å². The minimum Gasteiger partial charge on any atom is -0.361 e. The van der Waals surface area contributed by atoms with Crippen LogP contribution in [-0.2, 0) is 25.8 Å². The number of aryl methyl sites for hydroxylation is 2. The van der Waals surface area contributed by atoms with Crippen LogP contribution >= 0.6 is 0 Å². The summed E-state index contributed by atoms with van der Waals surface area (Å²) in [6.07, 6.45) is 5.03. The van der Waals surface area contributed by atoms with Crippen molar-refractivity contribution >= 4 is 10.9 Å². The highest BCUT2D eigenvalue weighted by molar-refractivity contribution is 5.85. The summed E-state index contributed by atoms with van der Waals surface area (Å²) in [6.45, 7) is 13.6. The monoisotopic (exact) mass is 440 g/mol. The Morgan fingerprint density at radius 3 is 2.45 bits per heavy atom. The lowest BCUT2D eigenvalue weighted by Crippen LogP contribution is -2.40. The van der Waals surface area contributed by atoms with E-state index >= 15 is 0 Å². The second-order valence-electron chi connectivity index (χ2n) is 9.80.